The van der Waals surface area contributed by atoms with Crippen molar-refractivity contribution in [2.45, 2.75) is 170 Å². The Balaban J connectivity index is 1.46. The third-order valence-corrected chi connectivity index (χ3v) is 16.0. The van der Waals surface area contributed by atoms with Gasteiger partial charge in [0.25, 0.3) is 0 Å². The molecule has 0 unspecified atom stereocenters. The first-order valence-electron chi connectivity index (χ1n) is 35.9. The summed E-state index contributed by atoms with van der Waals surface area (Å²) in [7, 11) is 0. The standard InChI is InChI=1S/C65H116N8O35/c1-40(77)69-52-58(88)55(85)45(34-74)106-63(52)103-31-28-97-19-16-94-22-25-100-37-48(80)66-11-6-4-8-43(61(91)68-13-15-93-14-10-51(83)84)73-62(92)44(72-50(82)39-102-27-24-96-18-21-99-30-33-105-65-54(71-42(3)79)60(90)57(87)47(36-76)108-65)9-5-7-12-67-49(81)38-101-26-23-95-17-20-98-29-32-104-64-53(70-41(2)78)59(89)56(86)46(35-75)107-64/h43-47,52-60,63-65,74-76,85-90H,4-39H2,1-3H3,(H,66,80)(H,67,81)(H,68,91)(H,69,77)(H,70,78)(H,71,79)(H,72,82)(H,73,92)(H,83,84)/t43-,44-,45+,46+,47+,52+,53+,54+,55-,56-,57-,58+,59+,60+,63+,64+,65+/m0/s1. The Morgan fingerprint density at radius 2 is 0.648 bits per heavy atom. The molecule has 3 saturated heterocycles. The third-order valence-electron chi connectivity index (χ3n) is 16.0. The van der Waals surface area contributed by atoms with Crippen molar-refractivity contribution in [3.05, 3.63) is 0 Å². The van der Waals surface area contributed by atoms with E-state index in [0.717, 1.165) is 0 Å². The molecule has 18 N–H and O–H groups in total. The number of hydrogen-bond acceptors (Lipinski definition) is 34. The predicted molar refractivity (Wildman–Crippen MR) is 365 cm³/mol. The van der Waals surface area contributed by atoms with Crippen LogP contribution in [-0.2, 0) is 119 Å². The predicted octanol–water partition coefficient (Wildman–Crippen LogP) is -9.83. The summed E-state index contributed by atoms with van der Waals surface area (Å²) in [6.45, 7) is 2.06. The third kappa shape index (κ3) is 41.0. The van der Waals surface area contributed by atoms with Crippen molar-refractivity contribution in [1.29, 1.82) is 0 Å². The van der Waals surface area contributed by atoms with Crippen molar-refractivity contribution < 1.29 is 170 Å². The highest BCUT2D eigenvalue weighted by molar-refractivity contribution is 5.92. The summed E-state index contributed by atoms with van der Waals surface area (Å²) in [6.07, 6.45) is -14.6. The number of aliphatic hydroxyl groups excluding tert-OH is 9. The molecule has 17 atom stereocenters. The summed E-state index contributed by atoms with van der Waals surface area (Å²) >= 11 is 0. The van der Waals surface area contributed by atoms with Crippen LogP contribution in [0.3, 0.4) is 0 Å². The monoisotopic (exact) mass is 1570 g/mol. The van der Waals surface area contributed by atoms with E-state index in [-0.39, 0.29) is 191 Å². The van der Waals surface area contributed by atoms with Crippen LogP contribution in [0.2, 0.25) is 0 Å². The van der Waals surface area contributed by atoms with Crippen molar-refractivity contribution >= 4 is 53.2 Å². The van der Waals surface area contributed by atoms with E-state index in [4.69, 9.17) is 80.9 Å². The molecule has 3 aliphatic rings. The number of hydrogen-bond donors (Lipinski definition) is 18. The second-order valence-corrected chi connectivity index (χ2v) is 24.7. The second kappa shape index (κ2) is 58.2. The van der Waals surface area contributed by atoms with Gasteiger partial charge in [-0.05, 0) is 38.5 Å². The fourth-order valence-corrected chi connectivity index (χ4v) is 10.5. The number of carboxylic acids is 1. The number of nitrogens with one attached hydrogen (secondary N) is 8. The zero-order valence-corrected chi connectivity index (χ0v) is 61.4. The highest BCUT2D eigenvalue weighted by Gasteiger charge is 2.48. The van der Waals surface area contributed by atoms with Gasteiger partial charge in [-0.25, -0.2) is 0 Å². The molecule has 3 heterocycles. The number of aliphatic hydroxyl groups is 9. The molecule has 43 heteroatoms. The normalized spacial score (nSPS) is 24.7. The number of unbranched alkanes of at least 4 members (excludes halogenated alkanes) is 2. The summed E-state index contributed by atoms with van der Waals surface area (Å²) in [6, 6.07) is -5.70. The minimum Gasteiger partial charge on any atom is -0.481 e. The Labute approximate surface area is 625 Å². The molecule has 0 spiro atoms. The molecule has 0 bridgehead atoms. The molecule has 8 amide bonds. The summed E-state index contributed by atoms with van der Waals surface area (Å²) in [5.41, 5.74) is 0. The maximum atomic E-state index is 14.1. The van der Waals surface area contributed by atoms with Gasteiger partial charge in [0.05, 0.1) is 158 Å². The van der Waals surface area contributed by atoms with Crippen molar-refractivity contribution in [3.63, 3.8) is 0 Å². The lowest BCUT2D eigenvalue weighted by Crippen LogP contribution is -2.64. The van der Waals surface area contributed by atoms with Crippen LogP contribution in [0, 0.1) is 0 Å². The number of rotatable bonds is 62. The molecule has 43 nitrogen and oxygen atoms in total. The van der Waals surface area contributed by atoms with Crippen molar-refractivity contribution in [2.24, 2.45) is 0 Å². The van der Waals surface area contributed by atoms with Crippen molar-refractivity contribution in [1.82, 2.24) is 42.5 Å². The molecule has 0 aromatic rings. The summed E-state index contributed by atoms with van der Waals surface area (Å²) in [4.78, 5) is 112. The zero-order chi connectivity index (χ0) is 79.4. The van der Waals surface area contributed by atoms with E-state index in [0.29, 0.717) is 19.3 Å². The van der Waals surface area contributed by atoms with Crippen molar-refractivity contribution in [3.8, 4) is 0 Å². The van der Waals surface area contributed by atoms with Gasteiger partial charge in [0.1, 0.15) is 105 Å². The highest BCUT2D eigenvalue weighted by Crippen LogP contribution is 2.25. The second-order valence-electron chi connectivity index (χ2n) is 24.7. The first kappa shape index (κ1) is 96.4. The average molecular weight is 1570 g/mol. The van der Waals surface area contributed by atoms with Gasteiger partial charge in [0, 0.05) is 40.4 Å². The van der Waals surface area contributed by atoms with E-state index < -0.39 is 184 Å². The van der Waals surface area contributed by atoms with E-state index in [9.17, 15) is 89.1 Å². The van der Waals surface area contributed by atoms with Gasteiger partial charge in [0.2, 0.25) is 47.3 Å². The number of amides is 8. The lowest BCUT2D eigenvalue weighted by molar-refractivity contribution is -0.272. The molecule has 0 radical (unpaired) electrons. The fraction of sp³-hybridized carbons (Fsp3) is 0.862. The Bertz CT molecular complexity index is 2530. The molecular weight excluding hydrogens is 1450 g/mol. The van der Waals surface area contributed by atoms with Crippen LogP contribution in [0.1, 0.15) is 65.7 Å². The lowest BCUT2D eigenvalue weighted by atomic mass is 9.97. The number of aliphatic carboxylic acids is 1. The fourth-order valence-electron chi connectivity index (χ4n) is 10.5. The average Bonchev–Trinajstić information content (AvgIpc) is 0.822. The summed E-state index contributed by atoms with van der Waals surface area (Å²) in [5.74, 6) is -5.51. The van der Waals surface area contributed by atoms with Gasteiger partial charge in [-0.2, -0.15) is 0 Å². The number of carboxylic acid groups (broad SMARTS) is 1. The largest absolute Gasteiger partial charge is 0.481 e. The lowest BCUT2D eigenvalue weighted by Gasteiger charge is -2.42. The SMILES string of the molecule is CC(=O)N[C@H]1[C@H](OCCOCCOCCOCC(=O)NCCCC[C@H](NC(=O)COCCOCCOCCO[C@@H]2O[C@H](CO)[C@H](O)[C@H](O)[C@H]2NC(C)=O)C(=O)N[C@@H](CCCCNC(=O)COCCOCCOCCO[C@@H]2O[C@H](CO)[C@H](O)[C@H](O)[C@H]2NC(C)=O)C(=O)NCCOCCC(=O)O)O[C@H](CO)[C@H](O)[C@@H]1O. The molecule has 0 aromatic carbocycles. The molecule has 0 aromatic heterocycles. The maximum absolute atomic E-state index is 14.1. The van der Waals surface area contributed by atoms with Crippen molar-refractivity contribution in [2.75, 3.05) is 191 Å². The molecule has 108 heavy (non-hydrogen) atoms. The molecule has 3 fully saturated rings. The Morgan fingerprint density at radius 3 is 0.972 bits per heavy atom. The number of ether oxygens (including phenoxy) is 16. The van der Waals surface area contributed by atoms with Crippen LogP contribution in [0.5, 0.6) is 0 Å². The van der Waals surface area contributed by atoms with Crippen LogP contribution in [0.15, 0.2) is 0 Å². The first-order chi connectivity index (χ1) is 51.9. The molecule has 0 saturated carbocycles. The smallest absolute Gasteiger partial charge is 0.305 e. The minimum absolute atomic E-state index is 0.0256. The molecular formula is C65H116N8O35. The quantitative estimate of drug-likeness (QED) is 0.0251. The van der Waals surface area contributed by atoms with Gasteiger partial charge in [-0.1, -0.05) is 0 Å². The Hall–Kier alpha value is -5.77. The maximum Gasteiger partial charge on any atom is 0.305 e. The van der Waals surface area contributed by atoms with Gasteiger partial charge in [-0.3, -0.25) is 43.2 Å². The number of carbonyl (C=O) groups is 9. The summed E-state index contributed by atoms with van der Waals surface area (Å²) in [5, 5.41) is 120. The Kier molecular flexibility index (Phi) is 51.9. The highest BCUT2D eigenvalue weighted by atomic mass is 16.7. The van der Waals surface area contributed by atoms with Gasteiger partial charge < -0.3 is 169 Å². The first-order valence-corrected chi connectivity index (χ1v) is 35.9. The van der Waals surface area contributed by atoms with Crippen LogP contribution >= 0.6 is 0 Å². The molecule has 3 aliphatic heterocycles. The zero-order valence-electron chi connectivity index (χ0n) is 61.4. The molecule has 0 aliphatic carbocycles. The van der Waals surface area contributed by atoms with Crippen LogP contribution in [0.25, 0.3) is 0 Å². The van der Waals surface area contributed by atoms with Crippen LogP contribution in [-0.4, -0.2) is 400 Å². The molecule has 626 valence electrons. The van der Waals surface area contributed by atoms with E-state index in [1.165, 1.54) is 20.8 Å². The van der Waals surface area contributed by atoms with Crippen LogP contribution < -0.4 is 42.5 Å². The van der Waals surface area contributed by atoms with E-state index in [1.807, 2.05) is 0 Å². The van der Waals surface area contributed by atoms with Crippen LogP contribution in [0.4, 0.5) is 0 Å². The molecule has 3 rings (SSSR count). The topological polar surface area (TPSA) is 600 Å². The summed E-state index contributed by atoms with van der Waals surface area (Å²) < 4.78 is 87.9. The van der Waals surface area contributed by atoms with Gasteiger partial charge in [-0.15, -0.1) is 0 Å². The minimum atomic E-state index is -1.48. The van der Waals surface area contributed by atoms with E-state index in [1.54, 1.807) is 0 Å². The number of carbonyl (C=O) groups excluding carboxylic acids is 8. The van der Waals surface area contributed by atoms with E-state index in [2.05, 4.69) is 42.5 Å². The van der Waals surface area contributed by atoms with Gasteiger partial charge in [0.15, 0.2) is 18.9 Å². The Morgan fingerprint density at radius 1 is 0.343 bits per heavy atom. The van der Waals surface area contributed by atoms with Gasteiger partial charge >= 0.3 is 5.97 Å². The van der Waals surface area contributed by atoms with E-state index >= 15 is 0 Å².